The molecule has 1 aromatic carbocycles. The molecule has 0 aromatic heterocycles. The molecule has 2 amide bonds. The molecule has 1 aromatic rings. The van der Waals surface area contributed by atoms with Crippen molar-refractivity contribution in [2.75, 3.05) is 13.2 Å². The number of ether oxygens (including phenoxy) is 1. The van der Waals surface area contributed by atoms with Crippen molar-refractivity contribution < 1.29 is 14.3 Å². The number of para-hydroxylation sites is 1. The number of carbonyl (C=O) groups excluding carboxylic acids is 2. The van der Waals surface area contributed by atoms with Gasteiger partial charge in [-0.15, -0.1) is 0 Å². The SMILES string of the molecule is C=C/C=C(/NC(=O)CCCCCNC(=O)c1ccccc1OCCC)C(=C)N. The van der Waals surface area contributed by atoms with E-state index in [1.54, 1.807) is 24.3 Å². The minimum Gasteiger partial charge on any atom is -0.493 e. The van der Waals surface area contributed by atoms with E-state index in [-0.39, 0.29) is 11.8 Å². The van der Waals surface area contributed by atoms with Crippen molar-refractivity contribution >= 4 is 11.8 Å². The maximum Gasteiger partial charge on any atom is 0.255 e. The van der Waals surface area contributed by atoms with E-state index in [0.717, 1.165) is 25.7 Å². The lowest BCUT2D eigenvalue weighted by atomic mass is 10.1. The van der Waals surface area contributed by atoms with E-state index >= 15 is 0 Å². The zero-order valence-corrected chi connectivity index (χ0v) is 16.6. The van der Waals surface area contributed by atoms with Gasteiger partial charge in [-0.25, -0.2) is 0 Å². The quantitative estimate of drug-likeness (QED) is 0.358. The molecule has 0 saturated carbocycles. The second-order valence-electron chi connectivity index (χ2n) is 6.30. The fraction of sp³-hybridized carbons (Fsp3) is 0.364. The Hall–Kier alpha value is -3.02. The molecule has 0 fully saturated rings. The van der Waals surface area contributed by atoms with Gasteiger partial charge in [-0.05, 0) is 37.5 Å². The molecule has 1 rings (SSSR count). The van der Waals surface area contributed by atoms with Crippen LogP contribution < -0.4 is 21.1 Å². The van der Waals surface area contributed by atoms with Crippen LogP contribution >= 0.6 is 0 Å². The van der Waals surface area contributed by atoms with Gasteiger partial charge in [0.25, 0.3) is 5.91 Å². The summed E-state index contributed by atoms with van der Waals surface area (Å²) in [7, 11) is 0. The molecule has 0 heterocycles. The van der Waals surface area contributed by atoms with Crippen LogP contribution in [0, 0.1) is 0 Å². The number of nitrogens with two attached hydrogens (primary N) is 1. The zero-order chi connectivity index (χ0) is 20.8. The Morgan fingerprint density at radius 2 is 1.96 bits per heavy atom. The fourth-order valence-corrected chi connectivity index (χ4v) is 2.44. The fourth-order valence-electron chi connectivity index (χ4n) is 2.44. The number of carbonyl (C=O) groups is 2. The molecule has 6 nitrogen and oxygen atoms in total. The third-order valence-corrected chi connectivity index (χ3v) is 3.86. The Morgan fingerprint density at radius 3 is 2.64 bits per heavy atom. The summed E-state index contributed by atoms with van der Waals surface area (Å²) in [5.41, 5.74) is 6.91. The lowest BCUT2D eigenvalue weighted by Gasteiger charge is -2.11. The average molecular weight is 386 g/mol. The third kappa shape index (κ3) is 8.58. The van der Waals surface area contributed by atoms with Crippen LogP contribution in [0.2, 0.25) is 0 Å². The van der Waals surface area contributed by atoms with E-state index < -0.39 is 0 Å². The van der Waals surface area contributed by atoms with Gasteiger partial charge in [-0.2, -0.15) is 0 Å². The van der Waals surface area contributed by atoms with E-state index in [4.69, 9.17) is 10.5 Å². The average Bonchev–Trinajstić information content (AvgIpc) is 2.68. The van der Waals surface area contributed by atoms with E-state index in [9.17, 15) is 9.59 Å². The van der Waals surface area contributed by atoms with Gasteiger partial charge in [-0.3, -0.25) is 9.59 Å². The molecule has 0 aliphatic carbocycles. The number of unbranched alkanes of at least 4 members (excludes halogenated alkanes) is 2. The number of benzene rings is 1. The van der Waals surface area contributed by atoms with E-state index in [0.29, 0.717) is 42.3 Å². The van der Waals surface area contributed by atoms with Crippen molar-refractivity contribution in [3.8, 4) is 5.75 Å². The molecule has 0 aliphatic rings. The Bertz CT molecular complexity index is 711. The lowest BCUT2D eigenvalue weighted by molar-refractivity contribution is -0.120. The monoisotopic (exact) mass is 385 g/mol. The largest absolute Gasteiger partial charge is 0.493 e. The predicted octanol–water partition coefficient (Wildman–Crippen LogP) is 3.42. The molecule has 0 unspecified atom stereocenters. The molecule has 4 N–H and O–H groups in total. The summed E-state index contributed by atoms with van der Waals surface area (Å²) in [6.07, 6.45) is 6.74. The number of nitrogens with one attached hydrogen (secondary N) is 2. The van der Waals surface area contributed by atoms with Crippen molar-refractivity contribution in [1.29, 1.82) is 0 Å². The minimum atomic E-state index is -0.148. The second kappa shape index (κ2) is 13.2. The maximum atomic E-state index is 12.3. The summed E-state index contributed by atoms with van der Waals surface area (Å²) in [6, 6.07) is 7.22. The zero-order valence-electron chi connectivity index (χ0n) is 16.6. The molecule has 0 spiro atoms. The Kier molecular flexibility index (Phi) is 10.8. The van der Waals surface area contributed by atoms with Gasteiger partial charge >= 0.3 is 0 Å². The number of amides is 2. The van der Waals surface area contributed by atoms with Crippen molar-refractivity contribution in [3.63, 3.8) is 0 Å². The number of hydrogen-bond acceptors (Lipinski definition) is 4. The predicted molar refractivity (Wildman–Crippen MR) is 113 cm³/mol. The topological polar surface area (TPSA) is 93.5 Å². The van der Waals surface area contributed by atoms with Gasteiger partial charge in [0.05, 0.1) is 17.9 Å². The number of allylic oxidation sites excluding steroid dienone is 2. The van der Waals surface area contributed by atoms with Gasteiger partial charge in [0.1, 0.15) is 5.75 Å². The smallest absolute Gasteiger partial charge is 0.255 e. The Labute approximate surface area is 167 Å². The highest BCUT2D eigenvalue weighted by Crippen LogP contribution is 2.18. The first-order valence-corrected chi connectivity index (χ1v) is 9.57. The van der Waals surface area contributed by atoms with E-state index in [1.165, 1.54) is 0 Å². The summed E-state index contributed by atoms with van der Waals surface area (Å²) < 4.78 is 5.61. The maximum absolute atomic E-state index is 12.3. The third-order valence-electron chi connectivity index (χ3n) is 3.86. The molecule has 6 heteroatoms. The minimum absolute atomic E-state index is 0.120. The molecule has 0 atom stereocenters. The summed E-state index contributed by atoms with van der Waals surface area (Å²) in [6.45, 7) is 10.3. The van der Waals surface area contributed by atoms with E-state index in [1.807, 2.05) is 19.1 Å². The van der Waals surface area contributed by atoms with Crippen LogP contribution in [0.1, 0.15) is 49.4 Å². The first-order chi connectivity index (χ1) is 13.5. The van der Waals surface area contributed by atoms with Crippen LogP contribution in [0.4, 0.5) is 0 Å². The highest BCUT2D eigenvalue weighted by atomic mass is 16.5. The Balaban J connectivity index is 2.30. The van der Waals surface area contributed by atoms with Crippen molar-refractivity contribution in [2.45, 2.75) is 39.0 Å². The van der Waals surface area contributed by atoms with Gasteiger partial charge in [0.2, 0.25) is 5.91 Å². The first kappa shape index (κ1) is 23.0. The lowest BCUT2D eigenvalue weighted by Crippen LogP contribution is -2.26. The summed E-state index contributed by atoms with van der Waals surface area (Å²) in [5.74, 6) is 0.333. The number of rotatable bonds is 13. The van der Waals surface area contributed by atoms with Crippen LogP contribution in [0.5, 0.6) is 5.75 Å². The highest BCUT2D eigenvalue weighted by molar-refractivity contribution is 5.96. The molecule has 152 valence electrons. The van der Waals surface area contributed by atoms with Gasteiger partial charge in [0.15, 0.2) is 0 Å². The summed E-state index contributed by atoms with van der Waals surface area (Å²) in [5, 5.41) is 5.61. The first-order valence-electron chi connectivity index (χ1n) is 9.57. The molecule has 28 heavy (non-hydrogen) atoms. The van der Waals surface area contributed by atoms with Crippen molar-refractivity contribution in [2.24, 2.45) is 5.73 Å². The Morgan fingerprint density at radius 1 is 1.21 bits per heavy atom. The molecule has 0 saturated heterocycles. The van der Waals surface area contributed by atoms with Crippen LogP contribution in [0.3, 0.4) is 0 Å². The molecule has 0 radical (unpaired) electrons. The summed E-state index contributed by atoms with van der Waals surface area (Å²) in [4.78, 5) is 24.2. The van der Waals surface area contributed by atoms with Gasteiger partial charge in [-0.1, -0.05) is 44.7 Å². The molecular weight excluding hydrogens is 354 g/mol. The van der Waals surface area contributed by atoms with Crippen LogP contribution in [0.15, 0.2) is 61.0 Å². The highest BCUT2D eigenvalue weighted by Gasteiger charge is 2.11. The van der Waals surface area contributed by atoms with Crippen molar-refractivity contribution in [3.05, 3.63) is 66.5 Å². The van der Waals surface area contributed by atoms with Gasteiger partial charge in [0, 0.05) is 18.7 Å². The normalized spacial score (nSPS) is 10.8. The van der Waals surface area contributed by atoms with E-state index in [2.05, 4.69) is 23.8 Å². The second-order valence-corrected chi connectivity index (χ2v) is 6.30. The van der Waals surface area contributed by atoms with Crippen molar-refractivity contribution in [1.82, 2.24) is 10.6 Å². The molecule has 0 bridgehead atoms. The number of hydrogen-bond donors (Lipinski definition) is 3. The van der Waals surface area contributed by atoms with Crippen LogP contribution in [-0.2, 0) is 4.79 Å². The van der Waals surface area contributed by atoms with Crippen LogP contribution in [0.25, 0.3) is 0 Å². The van der Waals surface area contributed by atoms with Gasteiger partial charge < -0.3 is 21.1 Å². The standard InChI is InChI=1S/C22H31N3O3/c1-4-11-19(17(3)23)25-21(26)14-7-6-10-15-24-22(27)18-12-8-9-13-20(18)28-16-5-2/h4,8-9,11-13H,1,3,5-7,10,14-16,23H2,2H3,(H,24,27)(H,25,26)/b19-11+. The van der Waals surface area contributed by atoms with Crippen LogP contribution in [-0.4, -0.2) is 25.0 Å². The molecule has 0 aliphatic heterocycles. The summed E-state index contributed by atoms with van der Waals surface area (Å²) >= 11 is 0. The molecular formula is C22H31N3O3.